The molecule has 0 aliphatic rings. The van der Waals surface area contributed by atoms with Crippen LogP contribution in [0, 0.1) is 5.41 Å². The van der Waals surface area contributed by atoms with Gasteiger partial charge in [-0.15, -0.1) is 0 Å². The van der Waals surface area contributed by atoms with Crippen molar-refractivity contribution < 1.29 is 19.1 Å². The molecule has 0 bridgehead atoms. The van der Waals surface area contributed by atoms with Crippen LogP contribution in [0.15, 0.2) is 84.9 Å². The maximum atomic E-state index is 12.9. The molecule has 0 aliphatic carbocycles. The zero-order valence-electron chi connectivity index (χ0n) is 19.4. The molecule has 0 spiro atoms. The van der Waals surface area contributed by atoms with Crippen LogP contribution in [-0.2, 0) is 22.6 Å². The Bertz CT molecular complexity index is 1110. The van der Waals surface area contributed by atoms with Gasteiger partial charge in [0.1, 0.15) is 24.2 Å². The van der Waals surface area contributed by atoms with E-state index in [0.29, 0.717) is 37.3 Å². The van der Waals surface area contributed by atoms with E-state index < -0.39 is 12.1 Å². The van der Waals surface area contributed by atoms with Crippen molar-refractivity contribution in [3.05, 3.63) is 102 Å². The lowest BCUT2D eigenvalue weighted by Gasteiger charge is -2.19. The maximum Gasteiger partial charge on any atom is 0.408 e. The average Bonchev–Trinajstić information content (AvgIpc) is 2.88. The number of hydrogen-bond acceptors (Lipinski definition) is 5. The smallest absolute Gasteiger partial charge is 0.408 e. The predicted molar refractivity (Wildman–Crippen MR) is 134 cm³/mol. The minimum atomic E-state index is -0.792. The Kier molecular flexibility index (Phi) is 9.68. The molecule has 0 saturated heterocycles. The molecule has 3 rings (SSSR count). The maximum absolute atomic E-state index is 12.9. The first kappa shape index (κ1) is 25.3. The first-order chi connectivity index (χ1) is 17.0. The van der Waals surface area contributed by atoms with Crippen LogP contribution in [-0.4, -0.2) is 37.0 Å². The third kappa shape index (κ3) is 8.51. The van der Waals surface area contributed by atoms with Gasteiger partial charge in [-0.05, 0) is 29.7 Å². The fourth-order valence-corrected chi connectivity index (χ4v) is 3.37. The Hall–Kier alpha value is -4.33. The molecule has 3 aromatic rings. The highest BCUT2D eigenvalue weighted by Crippen LogP contribution is 2.17. The SMILES string of the molecule is N=C(N)c1ccccc1OCCCNC(=O)C(Cc1ccccc1)NC(=O)OCc1ccccc1. The number of para-hydroxylation sites is 1. The van der Waals surface area contributed by atoms with Gasteiger partial charge in [-0.1, -0.05) is 72.8 Å². The van der Waals surface area contributed by atoms with Gasteiger partial charge in [0.15, 0.2) is 0 Å². The Balaban J connectivity index is 1.50. The summed E-state index contributed by atoms with van der Waals surface area (Å²) in [4.78, 5) is 25.2. The first-order valence-corrected chi connectivity index (χ1v) is 11.4. The molecule has 2 amide bonds. The predicted octanol–water partition coefficient (Wildman–Crippen LogP) is 3.39. The molecular formula is C27H30N4O4. The fraction of sp³-hybridized carbons (Fsp3) is 0.222. The number of hydrogen-bond donors (Lipinski definition) is 4. The van der Waals surface area contributed by atoms with Gasteiger partial charge >= 0.3 is 6.09 Å². The van der Waals surface area contributed by atoms with Gasteiger partial charge < -0.3 is 25.8 Å². The number of nitrogens with two attached hydrogens (primary N) is 1. The quantitative estimate of drug-likeness (QED) is 0.182. The minimum Gasteiger partial charge on any atom is -0.493 e. The monoisotopic (exact) mass is 474 g/mol. The molecule has 1 atom stereocenters. The summed E-state index contributed by atoms with van der Waals surface area (Å²) in [5.74, 6) is 0.147. The second kappa shape index (κ2) is 13.4. The number of carbonyl (C=O) groups is 2. The van der Waals surface area contributed by atoms with Crippen molar-refractivity contribution >= 4 is 17.8 Å². The lowest BCUT2D eigenvalue weighted by molar-refractivity contribution is -0.123. The summed E-state index contributed by atoms with van der Waals surface area (Å²) in [7, 11) is 0. The van der Waals surface area contributed by atoms with Crippen molar-refractivity contribution in [1.82, 2.24) is 10.6 Å². The normalized spacial score (nSPS) is 11.2. The van der Waals surface area contributed by atoms with Gasteiger partial charge in [0, 0.05) is 13.0 Å². The molecule has 0 radical (unpaired) electrons. The van der Waals surface area contributed by atoms with E-state index in [1.165, 1.54) is 0 Å². The molecule has 3 aromatic carbocycles. The Labute approximate surface area is 205 Å². The number of amidine groups is 1. The molecule has 8 nitrogen and oxygen atoms in total. The van der Waals surface area contributed by atoms with Gasteiger partial charge in [0.25, 0.3) is 0 Å². The van der Waals surface area contributed by atoms with E-state index in [0.717, 1.165) is 11.1 Å². The molecule has 0 aliphatic heterocycles. The molecule has 35 heavy (non-hydrogen) atoms. The van der Waals surface area contributed by atoms with E-state index >= 15 is 0 Å². The first-order valence-electron chi connectivity index (χ1n) is 11.4. The van der Waals surface area contributed by atoms with Crippen molar-refractivity contribution in [1.29, 1.82) is 5.41 Å². The molecule has 0 fully saturated rings. The van der Waals surface area contributed by atoms with Crippen molar-refractivity contribution in [2.75, 3.05) is 13.2 Å². The molecule has 5 N–H and O–H groups in total. The average molecular weight is 475 g/mol. The summed E-state index contributed by atoms with van der Waals surface area (Å²) in [6.07, 6.45) is 0.207. The zero-order chi connectivity index (χ0) is 24.9. The molecule has 0 aromatic heterocycles. The van der Waals surface area contributed by atoms with E-state index in [1.807, 2.05) is 60.7 Å². The van der Waals surface area contributed by atoms with Crippen LogP contribution < -0.4 is 21.1 Å². The van der Waals surface area contributed by atoms with Gasteiger partial charge in [-0.25, -0.2) is 4.79 Å². The number of nitrogens with one attached hydrogen (secondary N) is 3. The van der Waals surface area contributed by atoms with Crippen molar-refractivity contribution in [3.63, 3.8) is 0 Å². The summed E-state index contributed by atoms with van der Waals surface area (Å²) in [5.41, 5.74) is 7.88. The number of amides is 2. The second-order valence-corrected chi connectivity index (χ2v) is 7.85. The third-order valence-corrected chi connectivity index (χ3v) is 5.16. The summed E-state index contributed by atoms with van der Waals surface area (Å²) < 4.78 is 11.0. The van der Waals surface area contributed by atoms with Crippen molar-refractivity contribution in [2.45, 2.75) is 25.5 Å². The summed E-state index contributed by atoms with van der Waals surface area (Å²) in [6, 6.07) is 25.1. The second-order valence-electron chi connectivity index (χ2n) is 7.85. The van der Waals surface area contributed by atoms with E-state index in [9.17, 15) is 9.59 Å². The lowest BCUT2D eigenvalue weighted by atomic mass is 10.1. The molecule has 1 unspecified atom stereocenters. The fourth-order valence-electron chi connectivity index (χ4n) is 3.37. The van der Waals surface area contributed by atoms with Crippen LogP contribution in [0.4, 0.5) is 4.79 Å². The van der Waals surface area contributed by atoms with Gasteiger partial charge in [-0.3, -0.25) is 10.2 Å². The largest absolute Gasteiger partial charge is 0.493 e. The summed E-state index contributed by atoms with van der Waals surface area (Å²) in [6.45, 7) is 0.805. The number of ether oxygens (including phenoxy) is 2. The molecule has 0 saturated carbocycles. The van der Waals surface area contributed by atoms with Crippen LogP contribution in [0.25, 0.3) is 0 Å². The summed E-state index contributed by atoms with van der Waals surface area (Å²) in [5, 5.41) is 13.1. The van der Waals surface area contributed by atoms with E-state index in [1.54, 1.807) is 24.3 Å². The highest BCUT2D eigenvalue weighted by atomic mass is 16.5. The van der Waals surface area contributed by atoms with Crippen LogP contribution in [0.1, 0.15) is 23.1 Å². The summed E-state index contributed by atoms with van der Waals surface area (Å²) >= 11 is 0. The van der Waals surface area contributed by atoms with Gasteiger partial charge in [0.05, 0.1) is 12.2 Å². The molecule has 0 heterocycles. The Morgan fingerprint density at radius 2 is 1.51 bits per heavy atom. The number of rotatable bonds is 12. The van der Waals surface area contributed by atoms with E-state index in [4.69, 9.17) is 20.6 Å². The number of carbonyl (C=O) groups excluding carboxylic acids is 2. The van der Waals surface area contributed by atoms with Crippen LogP contribution in [0.3, 0.4) is 0 Å². The topological polar surface area (TPSA) is 127 Å². The lowest BCUT2D eigenvalue weighted by Crippen LogP contribution is -2.48. The van der Waals surface area contributed by atoms with Gasteiger partial charge in [0.2, 0.25) is 5.91 Å². The number of benzene rings is 3. The molecule has 8 heteroatoms. The zero-order valence-corrected chi connectivity index (χ0v) is 19.4. The van der Waals surface area contributed by atoms with Crippen LogP contribution in [0.2, 0.25) is 0 Å². The van der Waals surface area contributed by atoms with E-state index in [2.05, 4.69) is 10.6 Å². The standard InChI is InChI=1S/C27H30N4O4/c28-25(29)22-14-7-8-15-24(22)34-17-9-16-30-26(32)23(18-20-10-3-1-4-11-20)31-27(33)35-19-21-12-5-2-6-13-21/h1-8,10-15,23H,9,16-19H2,(H3,28,29)(H,30,32)(H,31,33). The number of nitrogen functional groups attached to an aromatic ring is 1. The van der Waals surface area contributed by atoms with Crippen LogP contribution in [0.5, 0.6) is 5.75 Å². The highest BCUT2D eigenvalue weighted by molar-refractivity contribution is 5.97. The highest BCUT2D eigenvalue weighted by Gasteiger charge is 2.22. The van der Waals surface area contributed by atoms with Crippen LogP contribution >= 0.6 is 0 Å². The van der Waals surface area contributed by atoms with Crippen molar-refractivity contribution in [3.8, 4) is 5.75 Å². The third-order valence-electron chi connectivity index (χ3n) is 5.16. The van der Waals surface area contributed by atoms with E-state index in [-0.39, 0.29) is 18.3 Å². The Morgan fingerprint density at radius 3 is 2.20 bits per heavy atom. The molecular weight excluding hydrogens is 444 g/mol. The van der Waals surface area contributed by atoms with Gasteiger partial charge in [-0.2, -0.15) is 0 Å². The Morgan fingerprint density at radius 1 is 0.886 bits per heavy atom. The number of alkyl carbamates (subject to hydrolysis) is 1. The molecule has 182 valence electrons. The minimum absolute atomic E-state index is 0.0668. The van der Waals surface area contributed by atoms with Crippen molar-refractivity contribution in [2.24, 2.45) is 5.73 Å².